The zero-order valence-electron chi connectivity index (χ0n) is 5.04. The van der Waals surface area contributed by atoms with Crippen molar-refractivity contribution in [1.29, 1.82) is 0 Å². The number of aliphatic hydroxyl groups excluding tert-OH is 1. The normalized spacial score (nSPS) is 4.00. The van der Waals surface area contributed by atoms with E-state index in [1.54, 1.807) is 13.8 Å². The van der Waals surface area contributed by atoms with E-state index in [4.69, 9.17) is 5.11 Å². The molecule has 0 unspecified atom stereocenters. The molecule has 6 heteroatoms. The van der Waals surface area contributed by atoms with Gasteiger partial charge in [-0.25, -0.2) is 0 Å². The average molecular weight is 616 g/mol. The molecule has 0 heterocycles. The van der Waals surface area contributed by atoms with Crippen LogP contribution in [0.2, 0.25) is 0 Å². The molecule has 0 amide bonds. The first-order valence-corrected chi connectivity index (χ1v) is 1.41. The van der Waals surface area contributed by atoms with Crippen molar-refractivity contribution in [2.75, 3.05) is 0 Å². The molecule has 0 aromatic heterocycles. The molecule has 0 aliphatic carbocycles. The van der Waals surface area contributed by atoms with Gasteiger partial charge in [0.05, 0.1) is 0 Å². The quantitative estimate of drug-likeness (QED) is 0.212. The van der Waals surface area contributed by atoms with E-state index in [0.717, 1.165) is 0 Å². The molecule has 58 valence electrons. The number of halogens is 4. The molecule has 0 spiro atoms. The van der Waals surface area contributed by atoms with Gasteiger partial charge in [0, 0.05) is 6.10 Å². The fraction of sp³-hybridized carbons (Fsp3) is 1.00. The molecule has 0 saturated heterocycles. The van der Waals surface area contributed by atoms with Crippen LogP contribution in [-0.2, 0) is 21.7 Å². The van der Waals surface area contributed by atoms with Crippen LogP contribution in [0.15, 0.2) is 0 Å². The summed E-state index contributed by atoms with van der Waals surface area (Å²) in [5, 5.41) is 8.06. The van der Waals surface area contributed by atoms with Crippen molar-refractivity contribution >= 4 is 0 Å². The minimum atomic E-state index is -0.167. The standard InChI is InChI=1S/C3H8O.4HI.Ti/c1-3(2)4;;;;;/h3-4H,1-2H3;4*1H;/q;;;;;+4/p-4. The van der Waals surface area contributed by atoms with Crippen LogP contribution in [0, 0.1) is 0 Å². The van der Waals surface area contributed by atoms with Gasteiger partial charge in [-0.3, -0.25) is 0 Å². The molecule has 0 aliphatic rings. The molecule has 0 aliphatic heterocycles. The molecule has 1 N–H and O–H groups in total. The van der Waals surface area contributed by atoms with Crippen LogP contribution in [-0.4, -0.2) is 11.2 Å². The summed E-state index contributed by atoms with van der Waals surface area (Å²) in [4.78, 5) is 0. The Morgan fingerprint density at radius 2 is 0.889 bits per heavy atom. The minimum Gasteiger partial charge on any atom is -1.00 e. The maximum atomic E-state index is 8.06. The Hall–Kier alpha value is 3.59. The van der Waals surface area contributed by atoms with Crippen LogP contribution in [0.3, 0.4) is 0 Å². The van der Waals surface area contributed by atoms with Gasteiger partial charge in [0.2, 0.25) is 0 Å². The van der Waals surface area contributed by atoms with E-state index < -0.39 is 0 Å². The summed E-state index contributed by atoms with van der Waals surface area (Å²) in [5.74, 6) is 0. The van der Waals surface area contributed by atoms with Gasteiger partial charge >= 0.3 is 21.7 Å². The number of hydrogen-bond acceptors (Lipinski definition) is 1. The Morgan fingerprint density at radius 3 is 0.889 bits per heavy atom. The summed E-state index contributed by atoms with van der Waals surface area (Å²) in [6.45, 7) is 3.44. The minimum absolute atomic E-state index is 0. The average Bonchev–Trinajstić information content (AvgIpc) is 0.811. The van der Waals surface area contributed by atoms with Gasteiger partial charge < -0.3 is 101 Å². The largest absolute Gasteiger partial charge is 4.00 e. The van der Waals surface area contributed by atoms with Crippen molar-refractivity contribution in [2.24, 2.45) is 0 Å². The van der Waals surface area contributed by atoms with Crippen molar-refractivity contribution in [1.82, 2.24) is 0 Å². The first kappa shape index (κ1) is 38.9. The monoisotopic (exact) mass is 616 g/mol. The van der Waals surface area contributed by atoms with Crippen molar-refractivity contribution in [3.05, 3.63) is 0 Å². The predicted molar refractivity (Wildman–Crippen MR) is 17.4 cm³/mol. The third-order valence-corrected chi connectivity index (χ3v) is 0. The van der Waals surface area contributed by atoms with Gasteiger partial charge in [0.1, 0.15) is 0 Å². The van der Waals surface area contributed by atoms with Gasteiger partial charge in [-0.2, -0.15) is 0 Å². The van der Waals surface area contributed by atoms with Gasteiger partial charge in [0.15, 0.2) is 0 Å². The Morgan fingerprint density at radius 1 is 0.889 bits per heavy atom. The summed E-state index contributed by atoms with van der Waals surface area (Å²) < 4.78 is 0. The van der Waals surface area contributed by atoms with Crippen molar-refractivity contribution < 1.29 is 123 Å². The third kappa shape index (κ3) is 82.6. The van der Waals surface area contributed by atoms with Crippen LogP contribution in [0.25, 0.3) is 0 Å². The van der Waals surface area contributed by atoms with Crippen molar-refractivity contribution in [3.63, 3.8) is 0 Å². The first-order valence-electron chi connectivity index (χ1n) is 1.41. The Bertz CT molecular complexity index is 20.5. The molecular weight excluding hydrogens is 608 g/mol. The topological polar surface area (TPSA) is 20.2 Å². The van der Waals surface area contributed by atoms with E-state index in [9.17, 15) is 0 Å². The molecule has 0 atom stereocenters. The van der Waals surface area contributed by atoms with Gasteiger partial charge in [-0.1, -0.05) is 0 Å². The van der Waals surface area contributed by atoms with Crippen molar-refractivity contribution in [3.8, 4) is 0 Å². The second-order valence-electron chi connectivity index (χ2n) is 1.09. The predicted octanol–water partition coefficient (Wildman–Crippen LogP) is -11.6. The van der Waals surface area contributed by atoms with Crippen LogP contribution in [0.1, 0.15) is 13.8 Å². The Labute approximate surface area is 140 Å². The van der Waals surface area contributed by atoms with Crippen LogP contribution >= 0.6 is 0 Å². The molecular formula is C3H8I4OTi. The Balaban J connectivity index is -0.00000000450. The van der Waals surface area contributed by atoms with E-state index in [2.05, 4.69) is 0 Å². The van der Waals surface area contributed by atoms with E-state index in [1.807, 2.05) is 0 Å². The smallest absolute Gasteiger partial charge is 1.00 e. The number of hydrogen-bond donors (Lipinski definition) is 1. The van der Waals surface area contributed by atoms with E-state index in [0.29, 0.717) is 0 Å². The summed E-state index contributed by atoms with van der Waals surface area (Å²) in [7, 11) is 0. The maximum absolute atomic E-state index is 8.06. The zero-order valence-corrected chi connectivity index (χ0v) is 15.2. The first-order chi connectivity index (χ1) is 1.73. The second-order valence-corrected chi connectivity index (χ2v) is 1.09. The molecule has 9 heavy (non-hydrogen) atoms. The fourth-order valence-corrected chi connectivity index (χ4v) is 0. The maximum Gasteiger partial charge on any atom is 4.00 e. The van der Waals surface area contributed by atoms with E-state index >= 15 is 0 Å². The van der Waals surface area contributed by atoms with Crippen LogP contribution < -0.4 is 95.9 Å². The molecule has 0 saturated carbocycles. The van der Waals surface area contributed by atoms with Gasteiger partial charge in [-0.15, -0.1) is 0 Å². The second kappa shape index (κ2) is 29.9. The van der Waals surface area contributed by atoms with E-state index in [-0.39, 0.29) is 124 Å². The Kier molecular flexibility index (Phi) is 129. The number of aliphatic hydroxyl groups is 1. The van der Waals surface area contributed by atoms with Crippen LogP contribution in [0.4, 0.5) is 0 Å². The summed E-state index contributed by atoms with van der Waals surface area (Å²) in [6, 6.07) is 0. The summed E-state index contributed by atoms with van der Waals surface area (Å²) in [5.41, 5.74) is 0. The molecule has 0 bridgehead atoms. The van der Waals surface area contributed by atoms with Crippen molar-refractivity contribution in [2.45, 2.75) is 20.0 Å². The van der Waals surface area contributed by atoms with Crippen LogP contribution in [0.5, 0.6) is 0 Å². The summed E-state index contributed by atoms with van der Waals surface area (Å²) in [6.07, 6.45) is -0.167. The van der Waals surface area contributed by atoms with E-state index in [1.165, 1.54) is 0 Å². The molecule has 1 nitrogen and oxygen atoms in total. The fourth-order valence-electron chi connectivity index (χ4n) is 0. The molecule has 0 fully saturated rings. The zero-order chi connectivity index (χ0) is 3.58. The molecule has 0 rings (SSSR count). The van der Waals surface area contributed by atoms with Gasteiger partial charge in [0.25, 0.3) is 0 Å². The number of rotatable bonds is 0. The third-order valence-electron chi connectivity index (χ3n) is 0. The molecule has 0 radical (unpaired) electrons. The molecule has 0 aromatic rings. The van der Waals surface area contributed by atoms with Gasteiger partial charge in [-0.05, 0) is 13.8 Å². The SMILES string of the molecule is CC(C)O.[I-].[I-].[I-].[I-].[Ti+4]. The molecule has 0 aromatic carbocycles. The summed E-state index contributed by atoms with van der Waals surface area (Å²) >= 11 is 0.